The van der Waals surface area contributed by atoms with Crippen LogP contribution >= 0.6 is 0 Å². The van der Waals surface area contributed by atoms with Crippen molar-refractivity contribution < 1.29 is 14.7 Å². The summed E-state index contributed by atoms with van der Waals surface area (Å²) in [7, 11) is 0. The lowest BCUT2D eigenvalue weighted by atomic mass is 9.88. The summed E-state index contributed by atoms with van der Waals surface area (Å²) in [6.45, 7) is 0. The molecule has 0 aliphatic carbocycles. The van der Waals surface area contributed by atoms with E-state index in [0.717, 1.165) is 16.9 Å². The van der Waals surface area contributed by atoms with Crippen molar-refractivity contribution in [1.29, 1.82) is 0 Å². The van der Waals surface area contributed by atoms with Gasteiger partial charge in [0.25, 0.3) is 0 Å². The number of carbonyl (C=O) groups excluding carboxylic acids is 1. The molecular formula is C20H16N2O3. The highest BCUT2D eigenvalue weighted by Crippen LogP contribution is 2.41. The lowest BCUT2D eigenvalue weighted by Gasteiger charge is -2.26. The van der Waals surface area contributed by atoms with Gasteiger partial charge >= 0.3 is 5.97 Å². The predicted molar refractivity (Wildman–Crippen MR) is 94.3 cm³/mol. The predicted octanol–water partition coefficient (Wildman–Crippen LogP) is 3.65. The van der Waals surface area contributed by atoms with Crippen molar-refractivity contribution >= 4 is 17.6 Å². The zero-order valence-electron chi connectivity index (χ0n) is 13.3. The number of nitrogens with one attached hydrogen (secondary N) is 1. The highest BCUT2D eigenvalue weighted by Gasteiger charge is 2.34. The molecule has 2 heterocycles. The Labute approximate surface area is 144 Å². The molecule has 5 nitrogen and oxygen atoms in total. The van der Waals surface area contributed by atoms with E-state index >= 15 is 0 Å². The van der Waals surface area contributed by atoms with Crippen molar-refractivity contribution in [3.8, 4) is 5.69 Å². The number of rotatable bonds is 3. The normalized spacial score (nSPS) is 16.2. The summed E-state index contributed by atoms with van der Waals surface area (Å²) in [5.74, 6) is -1.42. The minimum absolute atomic E-state index is 0.104. The molecule has 0 bridgehead atoms. The topological polar surface area (TPSA) is 71.3 Å². The lowest BCUT2D eigenvalue weighted by molar-refractivity contribution is -0.116. The third-order valence-electron chi connectivity index (χ3n) is 4.49. The van der Waals surface area contributed by atoms with Crippen LogP contribution in [0.15, 0.2) is 66.9 Å². The Balaban J connectivity index is 1.98. The Morgan fingerprint density at radius 2 is 1.68 bits per heavy atom. The van der Waals surface area contributed by atoms with Crippen LogP contribution in [0.4, 0.5) is 5.69 Å². The average Bonchev–Trinajstić information content (AvgIpc) is 3.02. The van der Waals surface area contributed by atoms with Gasteiger partial charge in [0.05, 0.1) is 11.4 Å². The molecule has 2 N–H and O–H groups in total. The first-order valence-corrected chi connectivity index (χ1v) is 8.04. The number of carboxylic acid groups (broad SMARTS) is 1. The van der Waals surface area contributed by atoms with Crippen LogP contribution in [0.3, 0.4) is 0 Å². The molecule has 0 saturated carbocycles. The van der Waals surface area contributed by atoms with Gasteiger partial charge < -0.3 is 15.0 Å². The number of benzene rings is 2. The zero-order chi connectivity index (χ0) is 17.4. The number of amides is 1. The monoisotopic (exact) mass is 332 g/mol. The summed E-state index contributed by atoms with van der Waals surface area (Å²) < 4.78 is 1.87. The molecule has 0 fully saturated rings. The fraction of sp³-hybridized carbons (Fsp3) is 0.100. The molecule has 0 unspecified atom stereocenters. The Morgan fingerprint density at radius 3 is 2.32 bits per heavy atom. The van der Waals surface area contributed by atoms with Gasteiger partial charge in [-0.05, 0) is 17.7 Å². The van der Waals surface area contributed by atoms with Crippen LogP contribution < -0.4 is 5.32 Å². The van der Waals surface area contributed by atoms with Gasteiger partial charge in [0.15, 0.2) is 0 Å². The molecule has 1 aromatic heterocycles. The van der Waals surface area contributed by atoms with E-state index in [9.17, 15) is 14.7 Å². The van der Waals surface area contributed by atoms with Crippen LogP contribution in [0.1, 0.15) is 34.0 Å². The van der Waals surface area contributed by atoms with Gasteiger partial charge in [0.2, 0.25) is 5.91 Å². The molecular weight excluding hydrogens is 316 g/mol. The van der Waals surface area contributed by atoms with E-state index in [0.29, 0.717) is 5.69 Å². The van der Waals surface area contributed by atoms with Gasteiger partial charge in [0, 0.05) is 24.2 Å². The number of para-hydroxylation sites is 1. The number of nitrogens with zero attached hydrogens (tertiary/aromatic N) is 1. The van der Waals surface area contributed by atoms with Crippen molar-refractivity contribution in [1.82, 2.24) is 4.57 Å². The standard InChI is InChI=1S/C20H16N2O3/c23-17-11-15(13-7-3-1-4-8-13)19-18(21-17)16(20(24)25)12-22(19)14-9-5-2-6-10-14/h1-10,12,15H,11H2,(H,21,23)(H,24,25)/t15-/m0/s1. The SMILES string of the molecule is O=C1C[C@@H](c2ccccc2)c2c(c(C(=O)O)cn2-c2ccccc2)N1. The van der Waals surface area contributed by atoms with E-state index in [1.165, 1.54) is 0 Å². The van der Waals surface area contributed by atoms with Crippen molar-refractivity contribution in [2.24, 2.45) is 0 Å². The number of hydrogen-bond donors (Lipinski definition) is 2. The number of fused-ring (bicyclic) bond motifs is 1. The molecule has 0 spiro atoms. The summed E-state index contributed by atoms with van der Waals surface area (Å²) in [6.07, 6.45) is 1.87. The number of anilines is 1. The smallest absolute Gasteiger partial charge is 0.339 e. The van der Waals surface area contributed by atoms with Gasteiger partial charge in [-0.2, -0.15) is 0 Å². The van der Waals surface area contributed by atoms with Crippen LogP contribution in [-0.4, -0.2) is 21.6 Å². The molecule has 124 valence electrons. The molecule has 2 aromatic carbocycles. The summed E-state index contributed by atoms with van der Waals surface area (Å²) in [4.78, 5) is 23.9. The van der Waals surface area contributed by atoms with E-state index in [2.05, 4.69) is 5.32 Å². The first-order valence-electron chi connectivity index (χ1n) is 8.04. The number of aromatic carboxylic acids is 1. The minimum atomic E-state index is -1.06. The second kappa shape index (κ2) is 5.94. The van der Waals surface area contributed by atoms with E-state index < -0.39 is 5.97 Å². The van der Waals surface area contributed by atoms with Crippen molar-refractivity contribution in [2.45, 2.75) is 12.3 Å². The zero-order valence-corrected chi connectivity index (χ0v) is 13.3. The maximum absolute atomic E-state index is 12.2. The quantitative estimate of drug-likeness (QED) is 0.769. The average molecular weight is 332 g/mol. The second-order valence-corrected chi connectivity index (χ2v) is 6.03. The minimum Gasteiger partial charge on any atom is -0.478 e. The summed E-state index contributed by atoms with van der Waals surface area (Å²) in [5.41, 5.74) is 3.15. The molecule has 1 amide bonds. The van der Waals surface area contributed by atoms with Gasteiger partial charge in [-0.15, -0.1) is 0 Å². The maximum atomic E-state index is 12.2. The highest BCUT2D eigenvalue weighted by molar-refractivity contribution is 6.04. The Bertz CT molecular complexity index is 946. The summed E-state index contributed by atoms with van der Waals surface area (Å²) >= 11 is 0. The van der Waals surface area contributed by atoms with Gasteiger partial charge in [-0.1, -0.05) is 48.5 Å². The van der Waals surface area contributed by atoms with Crippen molar-refractivity contribution in [3.63, 3.8) is 0 Å². The van der Waals surface area contributed by atoms with Gasteiger partial charge in [-0.3, -0.25) is 4.79 Å². The van der Waals surface area contributed by atoms with Crippen LogP contribution in [0.5, 0.6) is 0 Å². The van der Waals surface area contributed by atoms with E-state index in [-0.39, 0.29) is 23.8 Å². The van der Waals surface area contributed by atoms with E-state index in [1.807, 2.05) is 65.2 Å². The third-order valence-corrected chi connectivity index (χ3v) is 4.49. The molecule has 3 aromatic rings. The van der Waals surface area contributed by atoms with Crippen LogP contribution in [0.2, 0.25) is 0 Å². The van der Waals surface area contributed by atoms with Crippen LogP contribution in [-0.2, 0) is 4.79 Å². The van der Waals surface area contributed by atoms with Crippen LogP contribution in [0, 0.1) is 0 Å². The molecule has 1 aliphatic rings. The number of carbonyl (C=O) groups is 2. The summed E-state index contributed by atoms with van der Waals surface area (Å²) in [5, 5.41) is 12.3. The first-order chi connectivity index (χ1) is 12.1. The molecule has 0 saturated heterocycles. The van der Waals surface area contributed by atoms with Gasteiger partial charge in [0.1, 0.15) is 5.56 Å². The molecule has 1 aliphatic heterocycles. The first kappa shape index (κ1) is 15.2. The Hall–Kier alpha value is -3.34. The maximum Gasteiger partial charge on any atom is 0.339 e. The molecule has 0 radical (unpaired) electrons. The molecule has 25 heavy (non-hydrogen) atoms. The van der Waals surface area contributed by atoms with Crippen LogP contribution in [0.25, 0.3) is 5.69 Å². The van der Waals surface area contributed by atoms with E-state index in [1.54, 1.807) is 6.20 Å². The third kappa shape index (κ3) is 2.59. The van der Waals surface area contributed by atoms with E-state index in [4.69, 9.17) is 0 Å². The van der Waals surface area contributed by atoms with Crippen molar-refractivity contribution in [2.75, 3.05) is 5.32 Å². The molecule has 1 atom stereocenters. The number of carboxylic acids is 1. The number of hydrogen-bond acceptors (Lipinski definition) is 2. The highest BCUT2D eigenvalue weighted by atomic mass is 16.4. The molecule has 4 rings (SSSR count). The summed E-state index contributed by atoms with van der Waals surface area (Å²) in [6, 6.07) is 19.3. The fourth-order valence-corrected chi connectivity index (χ4v) is 3.39. The van der Waals surface area contributed by atoms with Gasteiger partial charge in [-0.25, -0.2) is 4.79 Å². The Kier molecular flexibility index (Phi) is 3.61. The number of aromatic nitrogens is 1. The lowest BCUT2D eigenvalue weighted by Crippen LogP contribution is -2.25. The van der Waals surface area contributed by atoms with Crippen molar-refractivity contribution in [3.05, 3.63) is 83.7 Å². The molecule has 5 heteroatoms. The fourth-order valence-electron chi connectivity index (χ4n) is 3.39. The second-order valence-electron chi connectivity index (χ2n) is 6.03. The Morgan fingerprint density at radius 1 is 1.04 bits per heavy atom. The largest absolute Gasteiger partial charge is 0.478 e.